The third-order valence-corrected chi connectivity index (χ3v) is 5.05. The van der Waals surface area contributed by atoms with Gasteiger partial charge >= 0.3 is 0 Å². The largest absolute Gasteiger partial charge is 0.0804 e. The highest BCUT2D eigenvalue weighted by Crippen LogP contribution is 2.46. The fraction of sp³-hybridized carbons (Fsp3) is 0.167. The summed E-state index contributed by atoms with van der Waals surface area (Å²) in [6.07, 6.45) is 15.7. The zero-order valence-electron chi connectivity index (χ0n) is 13.8. The molecule has 0 heteroatoms. The Kier molecular flexibility index (Phi) is 4.29. The Morgan fingerprint density at radius 3 is 1.29 bits per heavy atom. The fourth-order valence-electron chi connectivity index (χ4n) is 3.95. The molecule has 2 aliphatic rings. The third kappa shape index (κ3) is 2.92. The lowest BCUT2D eigenvalue weighted by Crippen LogP contribution is -2.15. The lowest BCUT2D eigenvalue weighted by Gasteiger charge is -2.31. The summed E-state index contributed by atoms with van der Waals surface area (Å²) in [4.78, 5) is 0. The molecule has 2 atom stereocenters. The second-order valence-corrected chi connectivity index (χ2v) is 6.52. The molecule has 4 rings (SSSR count). The maximum atomic E-state index is 2.32. The molecule has 0 nitrogen and oxygen atoms in total. The van der Waals surface area contributed by atoms with Crippen molar-refractivity contribution in [3.8, 4) is 0 Å². The summed E-state index contributed by atoms with van der Waals surface area (Å²) in [5.41, 5.74) is 5.86. The molecule has 2 aromatic carbocycles. The van der Waals surface area contributed by atoms with Gasteiger partial charge in [0, 0.05) is 11.8 Å². The maximum Gasteiger partial charge on any atom is 0.0161 e. The van der Waals surface area contributed by atoms with Crippen molar-refractivity contribution >= 4 is 0 Å². The Morgan fingerprint density at radius 1 is 0.542 bits per heavy atom. The predicted octanol–water partition coefficient (Wildman–Crippen LogP) is 6.33. The smallest absolute Gasteiger partial charge is 0.0161 e. The second kappa shape index (κ2) is 6.88. The number of allylic oxidation sites excluding steroid dienone is 8. The van der Waals surface area contributed by atoms with Gasteiger partial charge in [0.15, 0.2) is 0 Å². The van der Waals surface area contributed by atoms with Gasteiger partial charge in [0.25, 0.3) is 0 Å². The molecule has 118 valence electrons. The van der Waals surface area contributed by atoms with Crippen molar-refractivity contribution in [3.05, 3.63) is 119 Å². The molecule has 0 bridgehead atoms. The normalized spacial score (nSPS) is 18.3. The van der Waals surface area contributed by atoms with Crippen LogP contribution in [0.1, 0.15) is 35.8 Å². The Hall–Kier alpha value is -2.60. The van der Waals surface area contributed by atoms with Gasteiger partial charge < -0.3 is 0 Å². The van der Waals surface area contributed by atoms with Crippen LogP contribution in [0.4, 0.5) is 0 Å². The van der Waals surface area contributed by atoms with E-state index in [1.807, 2.05) is 0 Å². The first-order chi connectivity index (χ1) is 11.9. The SMILES string of the molecule is C1=CCC([C@H](c2ccccc2)[C@@H](C2=CC=CC2)c2ccccc2)=C1. The summed E-state index contributed by atoms with van der Waals surface area (Å²) >= 11 is 0. The van der Waals surface area contributed by atoms with Gasteiger partial charge in [-0.3, -0.25) is 0 Å². The van der Waals surface area contributed by atoms with Crippen LogP contribution in [0.5, 0.6) is 0 Å². The molecule has 0 saturated heterocycles. The molecule has 2 aliphatic carbocycles. The van der Waals surface area contributed by atoms with Gasteiger partial charge in [-0.05, 0) is 24.0 Å². The van der Waals surface area contributed by atoms with Gasteiger partial charge in [0.1, 0.15) is 0 Å². The van der Waals surface area contributed by atoms with Gasteiger partial charge in [0.2, 0.25) is 0 Å². The van der Waals surface area contributed by atoms with Crippen LogP contribution >= 0.6 is 0 Å². The highest BCUT2D eigenvalue weighted by molar-refractivity contribution is 5.46. The number of benzene rings is 2. The molecule has 0 fully saturated rings. The van der Waals surface area contributed by atoms with Crippen LogP contribution in [0.3, 0.4) is 0 Å². The minimum atomic E-state index is 0.398. The van der Waals surface area contributed by atoms with Crippen molar-refractivity contribution in [2.24, 2.45) is 0 Å². The lowest BCUT2D eigenvalue weighted by molar-refractivity contribution is 0.653. The van der Waals surface area contributed by atoms with Crippen LogP contribution in [0, 0.1) is 0 Å². The molecule has 0 saturated carbocycles. The molecule has 2 aromatic rings. The monoisotopic (exact) mass is 310 g/mol. The Balaban J connectivity index is 1.83. The standard InChI is InChI=1S/C24H22/c1-3-11-19(12-4-1)23(21-15-7-8-16-21)24(22-17-9-10-18-22)20-13-5-2-6-14-20/h1-15,17,23-24H,16,18H2/t23-,24+. The van der Waals surface area contributed by atoms with E-state index >= 15 is 0 Å². The van der Waals surface area contributed by atoms with E-state index in [9.17, 15) is 0 Å². The predicted molar refractivity (Wildman–Crippen MR) is 102 cm³/mol. The summed E-state index contributed by atoms with van der Waals surface area (Å²) < 4.78 is 0. The number of hydrogen-bond donors (Lipinski definition) is 0. The summed E-state index contributed by atoms with van der Waals surface area (Å²) in [6, 6.07) is 22.0. The molecule has 24 heavy (non-hydrogen) atoms. The van der Waals surface area contributed by atoms with Crippen LogP contribution in [-0.2, 0) is 0 Å². The van der Waals surface area contributed by atoms with Gasteiger partial charge in [-0.25, -0.2) is 0 Å². The molecule has 0 amide bonds. The molecule has 0 unspecified atom stereocenters. The Labute approximate surface area is 144 Å². The average Bonchev–Trinajstić information content (AvgIpc) is 3.35. The van der Waals surface area contributed by atoms with E-state index in [1.165, 1.54) is 22.3 Å². The lowest BCUT2D eigenvalue weighted by atomic mass is 9.72. The highest BCUT2D eigenvalue weighted by Gasteiger charge is 2.30. The van der Waals surface area contributed by atoms with Crippen molar-refractivity contribution < 1.29 is 0 Å². The van der Waals surface area contributed by atoms with Gasteiger partial charge in [-0.1, -0.05) is 108 Å². The van der Waals surface area contributed by atoms with Gasteiger partial charge in [-0.2, -0.15) is 0 Å². The van der Waals surface area contributed by atoms with Crippen LogP contribution in [0.15, 0.2) is 108 Å². The van der Waals surface area contributed by atoms with Crippen LogP contribution < -0.4 is 0 Å². The van der Waals surface area contributed by atoms with Gasteiger partial charge in [-0.15, -0.1) is 0 Å². The first kappa shape index (κ1) is 15.0. The van der Waals surface area contributed by atoms with E-state index < -0.39 is 0 Å². The van der Waals surface area contributed by atoms with E-state index in [0.717, 1.165) is 12.8 Å². The molecular formula is C24H22. The zero-order chi connectivity index (χ0) is 16.2. The molecule has 0 spiro atoms. The molecule has 0 heterocycles. The second-order valence-electron chi connectivity index (χ2n) is 6.52. The topological polar surface area (TPSA) is 0 Å². The quantitative estimate of drug-likeness (QED) is 0.605. The van der Waals surface area contributed by atoms with E-state index in [-0.39, 0.29) is 0 Å². The van der Waals surface area contributed by atoms with Gasteiger partial charge in [0.05, 0.1) is 0 Å². The third-order valence-electron chi connectivity index (χ3n) is 5.05. The molecule has 0 aliphatic heterocycles. The fourth-order valence-corrected chi connectivity index (χ4v) is 3.95. The Bertz CT molecular complexity index is 732. The number of rotatable bonds is 5. The minimum absolute atomic E-state index is 0.398. The van der Waals surface area contributed by atoms with E-state index in [2.05, 4.69) is 97.1 Å². The number of hydrogen-bond acceptors (Lipinski definition) is 0. The maximum absolute atomic E-state index is 2.32. The van der Waals surface area contributed by atoms with Crippen LogP contribution in [0.25, 0.3) is 0 Å². The van der Waals surface area contributed by atoms with E-state index in [0.29, 0.717) is 11.8 Å². The van der Waals surface area contributed by atoms with E-state index in [4.69, 9.17) is 0 Å². The average molecular weight is 310 g/mol. The summed E-state index contributed by atoms with van der Waals surface area (Å²) in [5, 5.41) is 0. The van der Waals surface area contributed by atoms with Crippen LogP contribution in [0.2, 0.25) is 0 Å². The van der Waals surface area contributed by atoms with Crippen molar-refractivity contribution in [3.63, 3.8) is 0 Å². The molecule has 0 radical (unpaired) electrons. The molecule has 0 N–H and O–H groups in total. The van der Waals surface area contributed by atoms with Crippen molar-refractivity contribution in [2.75, 3.05) is 0 Å². The zero-order valence-corrected chi connectivity index (χ0v) is 13.8. The summed E-state index contributed by atoms with van der Waals surface area (Å²) in [5.74, 6) is 0.796. The van der Waals surface area contributed by atoms with Crippen molar-refractivity contribution in [1.82, 2.24) is 0 Å². The summed E-state index contributed by atoms with van der Waals surface area (Å²) in [7, 11) is 0. The van der Waals surface area contributed by atoms with Crippen molar-refractivity contribution in [2.45, 2.75) is 24.7 Å². The Morgan fingerprint density at radius 2 is 0.958 bits per heavy atom. The van der Waals surface area contributed by atoms with Crippen molar-refractivity contribution in [1.29, 1.82) is 0 Å². The summed E-state index contributed by atoms with van der Waals surface area (Å²) in [6.45, 7) is 0. The molecule has 0 aromatic heterocycles. The highest BCUT2D eigenvalue weighted by atomic mass is 14.3. The van der Waals surface area contributed by atoms with Crippen LogP contribution in [-0.4, -0.2) is 0 Å². The first-order valence-corrected chi connectivity index (χ1v) is 8.74. The first-order valence-electron chi connectivity index (χ1n) is 8.74. The minimum Gasteiger partial charge on any atom is -0.0804 e. The molecular weight excluding hydrogens is 288 g/mol. The van der Waals surface area contributed by atoms with E-state index in [1.54, 1.807) is 0 Å².